The van der Waals surface area contributed by atoms with Crippen LogP contribution in [0.3, 0.4) is 0 Å². The Morgan fingerprint density at radius 2 is 2.17 bits per heavy atom. The van der Waals surface area contributed by atoms with Gasteiger partial charge in [-0.1, -0.05) is 29.8 Å². The van der Waals surface area contributed by atoms with Gasteiger partial charge in [0.15, 0.2) is 5.75 Å². The first-order valence-corrected chi connectivity index (χ1v) is 7.80. The minimum atomic E-state index is 0.292. The normalized spacial score (nSPS) is 26.1. The molecule has 0 aliphatic heterocycles. The predicted molar refractivity (Wildman–Crippen MR) is 77.4 cm³/mol. The smallest absolute Gasteiger partial charge is 0.157 e. The van der Waals surface area contributed by atoms with E-state index in [9.17, 15) is 0 Å². The first kappa shape index (κ1) is 13.9. The SMILES string of the molecule is CCC1(CC)C(Br)CC1Oc1cnn(C(C)C)c1. The molecule has 0 radical (unpaired) electrons. The molecule has 4 heteroatoms. The van der Waals surface area contributed by atoms with Crippen molar-refractivity contribution in [1.29, 1.82) is 0 Å². The third kappa shape index (κ3) is 2.20. The maximum Gasteiger partial charge on any atom is 0.157 e. The summed E-state index contributed by atoms with van der Waals surface area (Å²) in [6.07, 6.45) is 7.56. The molecule has 1 aliphatic carbocycles. The molecule has 102 valence electrons. The van der Waals surface area contributed by atoms with Crippen molar-refractivity contribution in [3.05, 3.63) is 12.4 Å². The van der Waals surface area contributed by atoms with E-state index in [-0.39, 0.29) is 0 Å². The van der Waals surface area contributed by atoms with Crippen molar-refractivity contribution in [2.75, 3.05) is 0 Å². The molecule has 1 saturated carbocycles. The van der Waals surface area contributed by atoms with Crippen molar-refractivity contribution >= 4 is 15.9 Å². The van der Waals surface area contributed by atoms with Crippen LogP contribution in [-0.2, 0) is 0 Å². The molecule has 0 aromatic carbocycles. The van der Waals surface area contributed by atoms with Gasteiger partial charge in [0, 0.05) is 16.3 Å². The summed E-state index contributed by atoms with van der Waals surface area (Å²) >= 11 is 3.79. The molecule has 18 heavy (non-hydrogen) atoms. The molecule has 0 saturated heterocycles. The van der Waals surface area contributed by atoms with Gasteiger partial charge < -0.3 is 4.74 Å². The number of hydrogen-bond acceptors (Lipinski definition) is 2. The van der Waals surface area contributed by atoms with Crippen LogP contribution in [0.5, 0.6) is 5.75 Å². The van der Waals surface area contributed by atoms with Gasteiger partial charge in [0.1, 0.15) is 6.10 Å². The number of hydrogen-bond donors (Lipinski definition) is 0. The Bertz CT molecular complexity index is 398. The lowest BCUT2D eigenvalue weighted by atomic mass is 9.62. The molecule has 2 rings (SSSR count). The minimum Gasteiger partial charge on any atom is -0.486 e. The zero-order valence-corrected chi connectivity index (χ0v) is 13.3. The largest absolute Gasteiger partial charge is 0.486 e. The van der Waals surface area contributed by atoms with E-state index in [1.165, 1.54) is 0 Å². The predicted octanol–water partition coefficient (Wildman–Crippen LogP) is 4.19. The average molecular weight is 315 g/mol. The fraction of sp³-hybridized carbons (Fsp3) is 0.786. The van der Waals surface area contributed by atoms with E-state index >= 15 is 0 Å². The molecular formula is C14H23BrN2O. The summed E-state index contributed by atoms with van der Waals surface area (Å²) in [5, 5.41) is 4.33. The van der Waals surface area contributed by atoms with Gasteiger partial charge in [0.05, 0.1) is 12.4 Å². The molecule has 0 amide bonds. The number of ether oxygens (including phenoxy) is 1. The third-order valence-electron chi connectivity index (χ3n) is 4.39. The lowest BCUT2D eigenvalue weighted by molar-refractivity contribution is -0.0411. The number of rotatable bonds is 5. The second-order valence-electron chi connectivity index (χ2n) is 5.50. The van der Waals surface area contributed by atoms with Gasteiger partial charge >= 0.3 is 0 Å². The summed E-state index contributed by atoms with van der Waals surface area (Å²) in [5.41, 5.74) is 0.292. The quantitative estimate of drug-likeness (QED) is 0.762. The fourth-order valence-corrected chi connectivity index (χ4v) is 4.12. The van der Waals surface area contributed by atoms with Gasteiger partial charge in [0.25, 0.3) is 0 Å². The monoisotopic (exact) mass is 314 g/mol. The maximum absolute atomic E-state index is 6.14. The van der Waals surface area contributed by atoms with Gasteiger partial charge in [-0.2, -0.15) is 5.10 Å². The van der Waals surface area contributed by atoms with E-state index in [0.29, 0.717) is 22.4 Å². The van der Waals surface area contributed by atoms with Gasteiger partial charge in [0.2, 0.25) is 0 Å². The highest BCUT2D eigenvalue weighted by Crippen LogP contribution is 2.52. The number of aromatic nitrogens is 2. The number of halogens is 1. The Balaban J connectivity index is 2.05. The van der Waals surface area contributed by atoms with Crippen LogP contribution in [0.25, 0.3) is 0 Å². The molecule has 1 fully saturated rings. The van der Waals surface area contributed by atoms with Crippen LogP contribution in [0.1, 0.15) is 53.0 Å². The Morgan fingerprint density at radius 1 is 1.50 bits per heavy atom. The van der Waals surface area contributed by atoms with E-state index in [1.54, 1.807) is 0 Å². The zero-order chi connectivity index (χ0) is 13.3. The zero-order valence-electron chi connectivity index (χ0n) is 11.7. The maximum atomic E-state index is 6.14. The Morgan fingerprint density at radius 3 is 2.61 bits per heavy atom. The van der Waals surface area contributed by atoms with E-state index in [1.807, 2.05) is 17.1 Å². The van der Waals surface area contributed by atoms with Gasteiger partial charge in [-0.3, -0.25) is 4.68 Å². The Hall–Kier alpha value is -0.510. The highest BCUT2D eigenvalue weighted by Gasteiger charge is 2.53. The fourth-order valence-electron chi connectivity index (χ4n) is 2.84. The van der Waals surface area contributed by atoms with Gasteiger partial charge in [-0.05, 0) is 33.1 Å². The molecule has 2 unspecified atom stereocenters. The van der Waals surface area contributed by atoms with Crippen molar-refractivity contribution < 1.29 is 4.74 Å². The van der Waals surface area contributed by atoms with E-state index in [2.05, 4.69) is 48.7 Å². The second kappa shape index (κ2) is 5.24. The highest BCUT2D eigenvalue weighted by molar-refractivity contribution is 9.09. The number of alkyl halides is 1. The Kier molecular flexibility index (Phi) is 4.05. The van der Waals surface area contributed by atoms with Crippen LogP contribution in [0.2, 0.25) is 0 Å². The van der Waals surface area contributed by atoms with Gasteiger partial charge in [-0.15, -0.1) is 0 Å². The summed E-state index contributed by atoms with van der Waals surface area (Å²) in [6, 6.07) is 0.384. The molecule has 1 heterocycles. The van der Waals surface area contributed by atoms with E-state index in [4.69, 9.17) is 4.74 Å². The lowest BCUT2D eigenvalue weighted by Crippen LogP contribution is -2.56. The summed E-state index contributed by atoms with van der Waals surface area (Å²) < 4.78 is 8.08. The molecule has 0 bridgehead atoms. The van der Waals surface area contributed by atoms with E-state index in [0.717, 1.165) is 25.0 Å². The first-order valence-electron chi connectivity index (χ1n) is 6.88. The van der Waals surface area contributed by atoms with Crippen molar-refractivity contribution in [1.82, 2.24) is 9.78 Å². The van der Waals surface area contributed by atoms with Crippen molar-refractivity contribution in [2.24, 2.45) is 5.41 Å². The Labute approximate surface area is 118 Å². The summed E-state index contributed by atoms with van der Waals surface area (Å²) in [6.45, 7) is 8.75. The molecule has 2 atom stereocenters. The van der Waals surface area contributed by atoms with Crippen molar-refractivity contribution in [2.45, 2.75) is 63.9 Å². The molecule has 0 spiro atoms. The highest BCUT2D eigenvalue weighted by atomic mass is 79.9. The topological polar surface area (TPSA) is 27.1 Å². The molecule has 1 aliphatic rings. The number of nitrogens with zero attached hydrogens (tertiary/aromatic N) is 2. The van der Waals surface area contributed by atoms with Crippen molar-refractivity contribution in [3.8, 4) is 5.75 Å². The summed E-state index contributed by atoms with van der Waals surface area (Å²) in [4.78, 5) is 0.588. The van der Waals surface area contributed by atoms with Gasteiger partial charge in [-0.25, -0.2) is 0 Å². The average Bonchev–Trinajstić information content (AvgIpc) is 2.79. The van der Waals surface area contributed by atoms with Crippen LogP contribution >= 0.6 is 15.9 Å². The third-order valence-corrected chi connectivity index (χ3v) is 5.67. The molecule has 3 nitrogen and oxygen atoms in total. The summed E-state index contributed by atoms with van der Waals surface area (Å²) in [5.74, 6) is 0.902. The van der Waals surface area contributed by atoms with Crippen LogP contribution in [0.4, 0.5) is 0 Å². The minimum absolute atomic E-state index is 0.292. The van der Waals surface area contributed by atoms with E-state index < -0.39 is 0 Å². The van der Waals surface area contributed by atoms with Crippen LogP contribution < -0.4 is 4.74 Å². The first-order chi connectivity index (χ1) is 8.53. The second-order valence-corrected chi connectivity index (χ2v) is 6.61. The molecule has 0 N–H and O–H groups in total. The summed E-state index contributed by atoms with van der Waals surface area (Å²) in [7, 11) is 0. The van der Waals surface area contributed by atoms with Crippen LogP contribution in [0, 0.1) is 5.41 Å². The standard InChI is InChI=1S/C14H23BrN2O/c1-5-14(6-2)12(15)7-13(14)18-11-8-16-17(9-11)10(3)4/h8-10,12-13H,5-7H2,1-4H3. The molecule has 1 aromatic heterocycles. The lowest BCUT2D eigenvalue weighted by Gasteiger charge is -2.52. The van der Waals surface area contributed by atoms with Crippen LogP contribution in [-0.4, -0.2) is 20.7 Å². The molecular weight excluding hydrogens is 292 g/mol. The van der Waals surface area contributed by atoms with Crippen molar-refractivity contribution in [3.63, 3.8) is 0 Å². The van der Waals surface area contributed by atoms with Crippen LogP contribution in [0.15, 0.2) is 12.4 Å². The molecule has 1 aromatic rings.